The quantitative estimate of drug-likeness (QED) is 0.389. The number of rotatable bonds is 6. The lowest BCUT2D eigenvalue weighted by atomic mass is 10.0. The molecular formula is C21H19N5O2S. The molecule has 7 nitrogen and oxygen atoms in total. The number of carbonyl (C=O) groups is 1. The number of Topliss-reactive ketones (excluding diaryl/α,β-unsaturated/α-hetero) is 1. The van der Waals surface area contributed by atoms with Gasteiger partial charge in [-0.1, -0.05) is 80.2 Å². The van der Waals surface area contributed by atoms with Crippen molar-refractivity contribution in [2.24, 2.45) is 0 Å². The van der Waals surface area contributed by atoms with Crippen molar-refractivity contribution in [3.63, 3.8) is 0 Å². The van der Waals surface area contributed by atoms with Gasteiger partial charge in [-0.15, -0.1) is 10.2 Å². The zero-order valence-corrected chi connectivity index (χ0v) is 16.8. The standard InChI is InChI=1S/C21H19N5O2S/c1-13(2)14-8-10-15(11-9-14)17(27)12-29-21-24-23-20-22-19(28)18(25-26(20)21)16-6-4-3-5-7-16/h3-11,13H,12H2,1-2H3,(H,22,23,28). The summed E-state index contributed by atoms with van der Waals surface area (Å²) in [5.41, 5.74) is 2.48. The average Bonchev–Trinajstić information content (AvgIpc) is 3.13. The van der Waals surface area contributed by atoms with E-state index in [1.165, 1.54) is 21.8 Å². The molecule has 8 heteroatoms. The van der Waals surface area contributed by atoms with E-state index in [-0.39, 0.29) is 28.6 Å². The number of ketones is 1. The van der Waals surface area contributed by atoms with Crippen LogP contribution in [0.1, 0.15) is 35.7 Å². The minimum Gasteiger partial charge on any atom is -0.293 e. The molecule has 0 saturated heterocycles. The van der Waals surface area contributed by atoms with Crippen LogP contribution in [0.2, 0.25) is 0 Å². The van der Waals surface area contributed by atoms with Crippen LogP contribution in [0.3, 0.4) is 0 Å². The van der Waals surface area contributed by atoms with Crippen molar-refractivity contribution in [1.29, 1.82) is 0 Å². The number of benzene rings is 2. The van der Waals surface area contributed by atoms with Gasteiger partial charge in [0.25, 0.3) is 11.3 Å². The SMILES string of the molecule is CC(C)c1ccc(C(=O)CSc2nnc3[nH]c(=O)c(-c4ccccc4)nn23)cc1. The summed E-state index contributed by atoms with van der Waals surface area (Å²) in [7, 11) is 0. The summed E-state index contributed by atoms with van der Waals surface area (Å²) in [5.74, 6) is 0.854. The Balaban J connectivity index is 1.57. The molecule has 0 amide bonds. The van der Waals surface area contributed by atoms with Gasteiger partial charge in [0.05, 0.1) is 5.75 Å². The summed E-state index contributed by atoms with van der Waals surface area (Å²) < 4.78 is 1.46. The number of nitrogens with one attached hydrogen (secondary N) is 1. The second kappa shape index (κ2) is 8.00. The van der Waals surface area contributed by atoms with Gasteiger partial charge in [0.1, 0.15) is 0 Å². The first kappa shape index (κ1) is 19.1. The van der Waals surface area contributed by atoms with Crippen LogP contribution in [0.5, 0.6) is 0 Å². The van der Waals surface area contributed by atoms with Crippen LogP contribution in [0, 0.1) is 0 Å². The molecule has 0 unspecified atom stereocenters. The van der Waals surface area contributed by atoms with Crippen LogP contribution in [-0.2, 0) is 0 Å². The molecule has 2 aromatic heterocycles. The fourth-order valence-corrected chi connectivity index (χ4v) is 3.66. The van der Waals surface area contributed by atoms with Gasteiger partial charge in [0, 0.05) is 11.1 Å². The first-order chi connectivity index (χ1) is 14.0. The molecule has 0 saturated carbocycles. The monoisotopic (exact) mass is 405 g/mol. The highest BCUT2D eigenvalue weighted by Crippen LogP contribution is 2.20. The molecule has 0 bridgehead atoms. The topological polar surface area (TPSA) is 93.0 Å². The van der Waals surface area contributed by atoms with Crippen LogP contribution in [0.25, 0.3) is 17.0 Å². The summed E-state index contributed by atoms with van der Waals surface area (Å²) in [6.07, 6.45) is 0. The van der Waals surface area contributed by atoms with E-state index in [1.54, 1.807) is 0 Å². The summed E-state index contributed by atoms with van der Waals surface area (Å²) in [6, 6.07) is 16.8. The van der Waals surface area contributed by atoms with Gasteiger partial charge in [-0.3, -0.25) is 14.6 Å². The third kappa shape index (κ3) is 3.97. The van der Waals surface area contributed by atoms with Crippen LogP contribution in [-0.4, -0.2) is 36.3 Å². The van der Waals surface area contributed by atoms with Crippen molar-refractivity contribution in [1.82, 2.24) is 24.8 Å². The van der Waals surface area contributed by atoms with E-state index in [2.05, 4.69) is 34.1 Å². The molecule has 146 valence electrons. The molecule has 29 heavy (non-hydrogen) atoms. The Morgan fingerprint density at radius 2 is 1.79 bits per heavy atom. The highest BCUT2D eigenvalue weighted by atomic mass is 32.2. The predicted octanol–water partition coefficient (Wildman–Crippen LogP) is 3.58. The Morgan fingerprint density at radius 1 is 1.07 bits per heavy atom. The molecule has 0 aliphatic carbocycles. The number of hydrogen-bond acceptors (Lipinski definition) is 6. The zero-order valence-electron chi connectivity index (χ0n) is 16.0. The average molecular weight is 405 g/mol. The van der Waals surface area contributed by atoms with Gasteiger partial charge in [-0.25, -0.2) is 0 Å². The largest absolute Gasteiger partial charge is 0.293 e. The molecule has 0 radical (unpaired) electrons. The Kier molecular flexibility index (Phi) is 5.26. The number of H-pyrrole nitrogens is 1. The van der Waals surface area contributed by atoms with E-state index in [0.717, 1.165) is 0 Å². The van der Waals surface area contributed by atoms with Gasteiger partial charge >= 0.3 is 0 Å². The lowest BCUT2D eigenvalue weighted by Gasteiger charge is -2.06. The zero-order chi connectivity index (χ0) is 20.4. The van der Waals surface area contributed by atoms with Crippen LogP contribution in [0.4, 0.5) is 0 Å². The van der Waals surface area contributed by atoms with Crippen LogP contribution in [0.15, 0.2) is 64.5 Å². The van der Waals surface area contributed by atoms with E-state index < -0.39 is 0 Å². The van der Waals surface area contributed by atoms with Gasteiger partial charge in [0.15, 0.2) is 11.5 Å². The van der Waals surface area contributed by atoms with Crippen molar-refractivity contribution in [3.05, 3.63) is 76.1 Å². The summed E-state index contributed by atoms with van der Waals surface area (Å²) in [4.78, 5) is 27.5. The minimum atomic E-state index is -0.339. The lowest BCUT2D eigenvalue weighted by Crippen LogP contribution is -2.15. The Labute approximate surface area is 171 Å². The van der Waals surface area contributed by atoms with E-state index in [4.69, 9.17) is 0 Å². The smallest absolute Gasteiger partial charge is 0.279 e. The van der Waals surface area contributed by atoms with E-state index in [0.29, 0.717) is 22.2 Å². The third-order valence-corrected chi connectivity index (χ3v) is 5.45. The maximum atomic E-state index is 12.5. The van der Waals surface area contributed by atoms with Gasteiger partial charge in [-0.2, -0.15) is 9.61 Å². The van der Waals surface area contributed by atoms with E-state index in [9.17, 15) is 9.59 Å². The molecule has 1 N–H and O–H groups in total. The number of thioether (sulfide) groups is 1. The first-order valence-electron chi connectivity index (χ1n) is 9.20. The summed E-state index contributed by atoms with van der Waals surface area (Å²) in [5, 5.41) is 12.9. The lowest BCUT2D eigenvalue weighted by molar-refractivity contribution is 0.102. The normalized spacial score (nSPS) is 11.3. The number of nitrogens with zero attached hydrogens (tertiary/aromatic N) is 4. The highest BCUT2D eigenvalue weighted by Gasteiger charge is 2.15. The third-order valence-electron chi connectivity index (χ3n) is 4.53. The number of aromatic nitrogens is 5. The Hall–Kier alpha value is -3.26. The highest BCUT2D eigenvalue weighted by molar-refractivity contribution is 7.99. The van der Waals surface area contributed by atoms with E-state index in [1.807, 2.05) is 54.6 Å². The van der Waals surface area contributed by atoms with Crippen molar-refractivity contribution in [2.75, 3.05) is 5.75 Å². The molecule has 0 spiro atoms. The predicted molar refractivity (Wildman–Crippen MR) is 112 cm³/mol. The van der Waals surface area contributed by atoms with E-state index >= 15 is 0 Å². The molecule has 4 rings (SSSR count). The molecule has 0 atom stereocenters. The molecular weight excluding hydrogens is 386 g/mol. The molecule has 0 aliphatic heterocycles. The summed E-state index contributed by atoms with van der Waals surface area (Å²) >= 11 is 1.24. The Morgan fingerprint density at radius 3 is 2.48 bits per heavy atom. The van der Waals surface area contributed by atoms with Crippen LogP contribution < -0.4 is 5.56 Å². The second-order valence-corrected chi connectivity index (χ2v) is 7.82. The molecule has 0 fully saturated rings. The number of hydrogen-bond donors (Lipinski definition) is 1. The molecule has 2 heterocycles. The molecule has 4 aromatic rings. The Bertz CT molecular complexity index is 1210. The maximum Gasteiger partial charge on any atom is 0.279 e. The number of fused-ring (bicyclic) bond motifs is 1. The minimum absolute atomic E-state index is 0.00485. The van der Waals surface area contributed by atoms with Crippen molar-refractivity contribution < 1.29 is 4.79 Å². The van der Waals surface area contributed by atoms with Gasteiger partial charge in [-0.05, 0) is 11.5 Å². The van der Waals surface area contributed by atoms with Crippen molar-refractivity contribution >= 4 is 23.3 Å². The van der Waals surface area contributed by atoms with Gasteiger partial charge < -0.3 is 0 Å². The fourth-order valence-electron chi connectivity index (χ4n) is 2.88. The van der Waals surface area contributed by atoms with Crippen molar-refractivity contribution in [2.45, 2.75) is 24.9 Å². The molecule has 2 aromatic carbocycles. The maximum absolute atomic E-state index is 12.5. The number of carbonyl (C=O) groups excluding carboxylic acids is 1. The summed E-state index contributed by atoms with van der Waals surface area (Å²) in [6.45, 7) is 4.23. The fraction of sp³-hybridized carbons (Fsp3) is 0.190. The number of aromatic amines is 1. The van der Waals surface area contributed by atoms with Crippen LogP contribution >= 0.6 is 11.8 Å². The molecule has 0 aliphatic rings. The first-order valence-corrected chi connectivity index (χ1v) is 10.2. The van der Waals surface area contributed by atoms with Crippen molar-refractivity contribution in [3.8, 4) is 11.3 Å². The van der Waals surface area contributed by atoms with Gasteiger partial charge in [0.2, 0.25) is 5.16 Å². The second-order valence-electron chi connectivity index (χ2n) is 6.88.